The minimum Gasteiger partial charge on any atom is -0.312 e. The Morgan fingerprint density at radius 1 is 1.33 bits per heavy atom. The van der Waals surface area contributed by atoms with E-state index in [1.807, 2.05) is 0 Å². The van der Waals surface area contributed by atoms with E-state index in [1.54, 1.807) is 24.3 Å². The van der Waals surface area contributed by atoms with E-state index in [4.69, 9.17) is 0 Å². The second kappa shape index (κ2) is 4.40. The molecular formula is C11H14N2O2. The average molecular weight is 206 g/mol. The van der Waals surface area contributed by atoms with Gasteiger partial charge in [-0.15, -0.1) is 0 Å². The van der Waals surface area contributed by atoms with Crippen molar-refractivity contribution in [1.82, 2.24) is 5.32 Å². The number of benzene rings is 1. The summed E-state index contributed by atoms with van der Waals surface area (Å²) in [6.45, 7) is 1.87. The fourth-order valence-electron chi connectivity index (χ4n) is 1.48. The van der Waals surface area contributed by atoms with Crippen LogP contribution in [0.3, 0.4) is 0 Å². The Bertz CT molecular complexity index is 344. The Morgan fingerprint density at radius 3 is 2.53 bits per heavy atom. The molecule has 0 unspecified atom stereocenters. The molecule has 1 aliphatic rings. The summed E-state index contributed by atoms with van der Waals surface area (Å²) in [6, 6.07) is 6.71. The fourth-order valence-corrected chi connectivity index (χ4v) is 1.48. The van der Waals surface area contributed by atoms with Gasteiger partial charge in [-0.1, -0.05) is 12.1 Å². The molecule has 1 N–H and O–H groups in total. The maximum Gasteiger partial charge on any atom is 0.269 e. The van der Waals surface area contributed by atoms with Crippen LogP contribution in [0, 0.1) is 16.0 Å². The van der Waals surface area contributed by atoms with Crippen molar-refractivity contribution in [3.63, 3.8) is 0 Å². The zero-order valence-electron chi connectivity index (χ0n) is 8.48. The number of nitrogens with one attached hydrogen (secondary N) is 1. The first-order valence-corrected chi connectivity index (χ1v) is 5.20. The molecule has 1 saturated carbocycles. The molecule has 15 heavy (non-hydrogen) atoms. The van der Waals surface area contributed by atoms with E-state index in [0.717, 1.165) is 24.6 Å². The molecule has 0 atom stereocenters. The van der Waals surface area contributed by atoms with Gasteiger partial charge in [-0.25, -0.2) is 0 Å². The molecule has 1 aliphatic carbocycles. The lowest BCUT2D eigenvalue weighted by molar-refractivity contribution is -0.384. The van der Waals surface area contributed by atoms with Crippen molar-refractivity contribution in [3.8, 4) is 0 Å². The van der Waals surface area contributed by atoms with Crippen molar-refractivity contribution in [2.45, 2.75) is 19.4 Å². The van der Waals surface area contributed by atoms with Crippen LogP contribution >= 0.6 is 0 Å². The molecule has 4 heteroatoms. The van der Waals surface area contributed by atoms with Gasteiger partial charge in [0.1, 0.15) is 0 Å². The Labute approximate surface area is 88.5 Å². The fraction of sp³-hybridized carbons (Fsp3) is 0.455. The topological polar surface area (TPSA) is 55.2 Å². The summed E-state index contributed by atoms with van der Waals surface area (Å²) >= 11 is 0. The molecule has 0 heterocycles. The summed E-state index contributed by atoms with van der Waals surface area (Å²) in [7, 11) is 0. The molecule has 0 saturated heterocycles. The van der Waals surface area contributed by atoms with Crippen molar-refractivity contribution < 1.29 is 4.92 Å². The van der Waals surface area contributed by atoms with Gasteiger partial charge in [-0.3, -0.25) is 10.1 Å². The van der Waals surface area contributed by atoms with Gasteiger partial charge >= 0.3 is 0 Å². The molecule has 1 aromatic rings. The third-order valence-corrected chi connectivity index (χ3v) is 2.61. The minimum atomic E-state index is -0.374. The van der Waals surface area contributed by atoms with Gasteiger partial charge in [0.2, 0.25) is 0 Å². The first kappa shape index (κ1) is 10.1. The van der Waals surface area contributed by atoms with Crippen LogP contribution < -0.4 is 5.32 Å². The monoisotopic (exact) mass is 206 g/mol. The molecule has 0 aliphatic heterocycles. The highest BCUT2D eigenvalue weighted by Crippen LogP contribution is 2.27. The van der Waals surface area contributed by atoms with Gasteiger partial charge in [0.25, 0.3) is 5.69 Å². The lowest BCUT2D eigenvalue weighted by Gasteiger charge is -2.02. The summed E-state index contributed by atoms with van der Waals surface area (Å²) in [5, 5.41) is 13.8. The molecule has 0 spiro atoms. The summed E-state index contributed by atoms with van der Waals surface area (Å²) in [5.41, 5.74) is 1.25. The summed E-state index contributed by atoms with van der Waals surface area (Å²) in [5.74, 6) is 0.864. The largest absolute Gasteiger partial charge is 0.312 e. The van der Waals surface area contributed by atoms with Crippen molar-refractivity contribution in [3.05, 3.63) is 39.9 Å². The van der Waals surface area contributed by atoms with Crippen molar-refractivity contribution in [2.75, 3.05) is 6.54 Å². The van der Waals surface area contributed by atoms with Crippen LogP contribution in [-0.4, -0.2) is 11.5 Å². The van der Waals surface area contributed by atoms with Crippen LogP contribution in [-0.2, 0) is 6.54 Å². The maximum atomic E-state index is 10.4. The summed E-state index contributed by atoms with van der Waals surface area (Å²) in [6.07, 6.45) is 2.68. The molecule has 0 amide bonds. The lowest BCUT2D eigenvalue weighted by atomic mass is 10.2. The third kappa shape index (κ3) is 3.02. The number of nitrogens with zero attached hydrogens (tertiary/aromatic N) is 1. The maximum absolute atomic E-state index is 10.4. The highest BCUT2D eigenvalue weighted by Gasteiger charge is 2.20. The number of non-ortho nitro benzene ring substituents is 1. The highest BCUT2D eigenvalue weighted by atomic mass is 16.6. The molecule has 0 aromatic heterocycles. The first-order valence-electron chi connectivity index (χ1n) is 5.20. The van der Waals surface area contributed by atoms with E-state index in [2.05, 4.69) is 5.32 Å². The van der Waals surface area contributed by atoms with Crippen LogP contribution in [0.25, 0.3) is 0 Å². The zero-order chi connectivity index (χ0) is 10.7. The quantitative estimate of drug-likeness (QED) is 0.593. The molecule has 0 bridgehead atoms. The molecule has 0 radical (unpaired) electrons. The Hall–Kier alpha value is -1.42. The van der Waals surface area contributed by atoms with Crippen LogP contribution in [0.4, 0.5) is 5.69 Å². The Balaban J connectivity index is 1.83. The van der Waals surface area contributed by atoms with Crippen molar-refractivity contribution >= 4 is 5.69 Å². The van der Waals surface area contributed by atoms with E-state index in [-0.39, 0.29) is 10.6 Å². The Kier molecular flexibility index (Phi) is 2.97. The molecule has 80 valence electrons. The van der Waals surface area contributed by atoms with E-state index >= 15 is 0 Å². The molecular weight excluding hydrogens is 192 g/mol. The first-order chi connectivity index (χ1) is 7.25. The molecule has 4 nitrogen and oxygen atoms in total. The van der Waals surface area contributed by atoms with Crippen LogP contribution in [0.5, 0.6) is 0 Å². The average Bonchev–Trinajstić information content (AvgIpc) is 3.02. The SMILES string of the molecule is O=[N+]([O-])c1ccc(CNCC2CC2)cc1. The highest BCUT2D eigenvalue weighted by molar-refractivity contribution is 5.32. The van der Waals surface area contributed by atoms with Crippen LogP contribution in [0.1, 0.15) is 18.4 Å². The van der Waals surface area contributed by atoms with Crippen molar-refractivity contribution in [2.24, 2.45) is 5.92 Å². The number of rotatable bonds is 5. The minimum absolute atomic E-state index is 0.154. The lowest BCUT2D eigenvalue weighted by Crippen LogP contribution is -2.15. The second-order valence-corrected chi connectivity index (χ2v) is 4.00. The number of nitro groups is 1. The van der Waals surface area contributed by atoms with Crippen LogP contribution in [0.15, 0.2) is 24.3 Å². The van der Waals surface area contributed by atoms with E-state index in [9.17, 15) is 10.1 Å². The summed E-state index contributed by atoms with van der Waals surface area (Å²) < 4.78 is 0. The van der Waals surface area contributed by atoms with Gasteiger partial charge in [0.05, 0.1) is 4.92 Å². The number of hydrogen-bond donors (Lipinski definition) is 1. The molecule has 1 aromatic carbocycles. The molecule has 2 rings (SSSR count). The van der Waals surface area contributed by atoms with E-state index in [0.29, 0.717) is 0 Å². The van der Waals surface area contributed by atoms with Gasteiger partial charge in [-0.05, 0) is 30.9 Å². The molecule has 1 fully saturated rings. The number of hydrogen-bond acceptors (Lipinski definition) is 3. The van der Waals surface area contributed by atoms with Crippen molar-refractivity contribution in [1.29, 1.82) is 0 Å². The van der Waals surface area contributed by atoms with Gasteiger partial charge in [-0.2, -0.15) is 0 Å². The second-order valence-electron chi connectivity index (χ2n) is 4.00. The van der Waals surface area contributed by atoms with Gasteiger partial charge < -0.3 is 5.32 Å². The smallest absolute Gasteiger partial charge is 0.269 e. The van der Waals surface area contributed by atoms with Crippen LogP contribution in [0.2, 0.25) is 0 Å². The zero-order valence-corrected chi connectivity index (χ0v) is 8.48. The van der Waals surface area contributed by atoms with Gasteiger partial charge in [0.15, 0.2) is 0 Å². The predicted octanol–water partition coefficient (Wildman–Crippen LogP) is 2.09. The van der Waals surface area contributed by atoms with Gasteiger partial charge in [0, 0.05) is 18.7 Å². The summed E-state index contributed by atoms with van der Waals surface area (Å²) in [4.78, 5) is 10.0. The predicted molar refractivity (Wildman–Crippen MR) is 57.5 cm³/mol. The number of nitro benzene ring substituents is 1. The standard InChI is InChI=1S/C11H14N2O2/c14-13(15)11-5-3-10(4-6-11)8-12-7-9-1-2-9/h3-6,9,12H,1-2,7-8H2. The normalized spacial score (nSPS) is 15.2. The van der Waals surface area contributed by atoms with E-state index in [1.165, 1.54) is 12.8 Å². The van der Waals surface area contributed by atoms with E-state index < -0.39 is 0 Å². The Morgan fingerprint density at radius 2 is 2.00 bits per heavy atom. The third-order valence-electron chi connectivity index (χ3n) is 2.61.